The van der Waals surface area contributed by atoms with E-state index in [2.05, 4.69) is 11.4 Å². The van der Waals surface area contributed by atoms with Gasteiger partial charge in [0, 0.05) is 6.42 Å². The molecule has 0 aliphatic heterocycles. The van der Waals surface area contributed by atoms with Crippen LogP contribution in [0.4, 0.5) is 0 Å². The van der Waals surface area contributed by atoms with Crippen LogP contribution < -0.4 is 10.1 Å². The normalized spacial score (nSPS) is 25.3. The maximum absolute atomic E-state index is 9.29. The number of nitrogens with one attached hydrogen (secondary N) is 1. The molecule has 1 aliphatic carbocycles. The minimum Gasteiger partial charge on any atom is -0.491 e. The summed E-state index contributed by atoms with van der Waals surface area (Å²) >= 11 is 0. The van der Waals surface area contributed by atoms with Gasteiger partial charge in [-0.15, -0.1) is 0 Å². The van der Waals surface area contributed by atoms with Crippen molar-refractivity contribution in [2.45, 2.75) is 37.8 Å². The van der Waals surface area contributed by atoms with Crippen LogP contribution in [0, 0.1) is 11.3 Å². The SMILES string of the molecule is CCNC1(C#N)CCC(OCCOc2ccccc2)C1. The van der Waals surface area contributed by atoms with E-state index in [1.54, 1.807) is 0 Å². The average Bonchev–Trinajstić information content (AvgIpc) is 2.89. The van der Waals surface area contributed by atoms with Crippen molar-refractivity contribution in [3.8, 4) is 11.8 Å². The smallest absolute Gasteiger partial charge is 0.119 e. The largest absolute Gasteiger partial charge is 0.491 e. The molecule has 4 heteroatoms. The first-order valence-electron chi connectivity index (χ1n) is 7.24. The third-order valence-electron chi connectivity index (χ3n) is 3.65. The third kappa shape index (κ3) is 3.96. The first-order valence-corrected chi connectivity index (χ1v) is 7.24. The molecule has 20 heavy (non-hydrogen) atoms. The molecule has 0 radical (unpaired) electrons. The van der Waals surface area contributed by atoms with E-state index in [0.717, 1.165) is 31.6 Å². The quantitative estimate of drug-likeness (QED) is 0.776. The molecule has 1 saturated carbocycles. The molecular weight excluding hydrogens is 252 g/mol. The molecule has 2 rings (SSSR count). The first kappa shape index (κ1) is 14.8. The fourth-order valence-electron chi connectivity index (χ4n) is 2.67. The van der Waals surface area contributed by atoms with Crippen molar-refractivity contribution < 1.29 is 9.47 Å². The lowest BCUT2D eigenvalue weighted by molar-refractivity contribution is 0.0352. The molecule has 1 aromatic carbocycles. The van der Waals surface area contributed by atoms with Crippen molar-refractivity contribution in [3.05, 3.63) is 30.3 Å². The molecule has 1 N–H and O–H groups in total. The molecule has 2 unspecified atom stereocenters. The topological polar surface area (TPSA) is 54.3 Å². The van der Waals surface area contributed by atoms with Gasteiger partial charge in [-0.3, -0.25) is 5.32 Å². The second-order valence-electron chi connectivity index (χ2n) is 5.12. The minimum atomic E-state index is -0.389. The van der Waals surface area contributed by atoms with Gasteiger partial charge >= 0.3 is 0 Å². The first-order chi connectivity index (χ1) is 9.78. The number of hydrogen-bond donors (Lipinski definition) is 1. The maximum Gasteiger partial charge on any atom is 0.119 e. The second-order valence-corrected chi connectivity index (χ2v) is 5.12. The van der Waals surface area contributed by atoms with Gasteiger partial charge in [0.25, 0.3) is 0 Å². The van der Waals surface area contributed by atoms with E-state index in [-0.39, 0.29) is 11.6 Å². The zero-order chi connectivity index (χ0) is 14.3. The predicted molar refractivity (Wildman–Crippen MR) is 77.5 cm³/mol. The predicted octanol–water partition coefficient (Wildman–Crippen LogP) is 2.51. The Hall–Kier alpha value is -1.57. The summed E-state index contributed by atoms with van der Waals surface area (Å²) in [4.78, 5) is 0. The zero-order valence-electron chi connectivity index (χ0n) is 12.0. The summed E-state index contributed by atoms with van der Waals surface area (Å²) in [5, 5.41) is 12.6. The summed E-state index contributed by atoms with van der Waals surface area (Å²) in [6.07, 6.45) is 2.73. The van der Waals surface area contributed by atoms with E-state index in [1.807, 2.05) is 37.3 Å². The number of rotatable bonds is 7. The summed E-state index contributed by atoms with van der Waals surface area (Å²) in [5.74, 6) is 0.863. The van der Waals surface area contributed by atoms with Gasteiger partial charge in [-0.05, 0) is 31.5 Å². The highest BCUT2D eigenvalue weighted by Crippen LogP contribution is 2.31. The van der Waals surface area contributed by atoms with E-state index in [4.69, 9.17) is 9.47 Å². The molecule has 2 atom stereocenters. The van der Waals surface area contributed by atoms with E-state index < -0.39 is 0 Å². The molecule has 0 bridgehead atoms. The van der Waals surface area contributed by atoms with Gasteiger partial charge in [0.15, 0.2) is 0 Å². The number of nitriles is 1. The van der Waals surface area contributed by atoms with Gasteiger partial charge < -0.3 is 9.47 Å². The molecule has 0 aromatic heterocycles. The van der Waals surface area contributed by atoms with Crippen molar-refractivity contribution in [3.63, 3.8) is 0 Å². The molecule has 0 spiro atoms. The fraction of sp³-hybridized carbons (Fsp3) is 0.562. The fourth-order valence-corrected chi connectivity index (χ4v) is 2.67. The lowest BCUT2D eigenvalue weighted by atomic mass is 10.00. The summed E-state index contributed by atoms with van der Waals surface area (Å²) in [6, 6.07) is 12.1. The van der Waals surface area contributed by atoms with Crippen molar-refractivity contribution in [1.82, 2.24) is 5.32 Å². The van der Waals surface area contributed by atoms with Crippen LogP contribution in [-0.4, -0.2) is 31.4 Å². The molecule has 4 nitrogen and oxygen atoms in total. The Morgan fingerprint density at radius 1 is 1.35 bits per heavy atom. The molecule has 1 aliphatic rings. The molecule has 108 valence electrons. The lowest BCUT2D eigenvalue weighted by Crippen LogP contribution is -2.41. The maximum atomic E-state index is 9.29. The van der Waals surface area contributed by atoms with Gasteiger partial charge in [-0.2, -0.15) is 5.26 Å². The number of benzene rings is 1. The Bertz CT molecular complexity index is 444. The molecule has 0 saturated heterocycles. The molecular formula is C16H22N2O2. The number of hydrogen-bond acceptors (Lipinski definition) is 4. The number of ether oxygens (including phenoxy) is 2. The third-order valence-corrected chi connectivity index (χ3v) is 3.65. The van der Waals surface area contributed by atoms with Crippen LogP contribution in [0.5, 0.6) is 5.75 Å². The van der Waals surface area contributed by atoms with Gasteiger partial charge in [-0.25, -0.2) is 0 Å². The Morgan fingerprint density at radius 3 is 2.85 bits per heavy atom. The number of nitrogens with zero attached hydrogens (tertiary/aromatic N) is 1. The van der Waals surface area contributed by atoms with Crippen molar-refractivity contribution >= 4 is 0 Å². The summed E-state index contributed by atoms with van der Waals surface area (Å²) in [5.41, 5.74) is -0.389. The Morgan fingerprint density at radius 2 is 2.15 bits per heavy atom. The Kier molecular flexibility index (Phi) is 5.40. The Labute approximate surface area is 120 Å². The van der Waals surface area contributed by atoms with Crippen LogP contribution in [0.25, 0.3) is 0 Å². The molecule has 0 amide bonds. The second kappa shape index (κ2) is 7.28. The van der Waals surface area contributed by atoms with Gasteiger partial charge in [0.2, 0.25) is 0 Å². The molecule has 0 heterocycles. The van der Waals surface area contributed by atoms with Gasteiger partial charge in [0.1, 0.15) is 17.9 Å². The Balaban J connectivity index is 1.67. The highest BCUT2D eigenvalue weighted by molar-refractivity contribution is 5.20. The van der Waals surface area contributed by atoms with Crippen LogP contribution in [0.3, 0.4) is 0 Å². The summed E-state index contributed by atoms with van der Waals surface area (Å²) in [6.45, 7) is 3.95. The highest BCUT2D eigenvalue weighted by Gasteiger charge is 2.39. The van der Waals surface area contributed by atoms with Crippen LogP contribution in [-0.2, 0) is 4.74 Å². The van der Waals surface area contributed by atoms with Crippen molar-refractivity contribution in [2.24, 2.45) is 0 Å². The summed E-state index contributed by atoms with van der Waals surface area (Å²) in [7, 11) is 0. The lowest BCUT2D eigenvalue weighted by Gasteiger charge is -2.21. The van der Waals surface area contributed by atoms with Crippen LogP contribution in [0.1, 0.15) is 26.2 Å². The molecule has 1 aromatic rings. The summed E-state index contributed by atoms with van der Waals surface area (Å²) < 4.78 is 11.4. The van der Waals surface area contributed by atoms with Crippen LogP contribution in [0.2, 0.25) is 0 Å². The van der Waals surface area contributed by atoms with E-state index in [9.17, 15) is 5.26 Å². The van der Waals surface area contributed by atoms with E-state index >= 15 is 0 Å². The molecule has 1 fully saturated rings. The van der Waals surface area contributed by atoms with E-state index in [1.165, 1.54) is 0 Å². The van der Waals surface area contributed by atoms with Gasteiger partial charge in [-0.1, -0.05) is 25.1 Å². The van der Waals surface area contributed by atoms with Crippen molar-refractivity contribution in [1.29, 1.82) is 5.26 Å². The number of para-hydroxylation sites is 1. The average molecular weight is 274 g/mol. The standard InChI is InChI=1S/C16H22N2O2/c1-2-18-16(13-17)9-8-15(12-16)20-11-10-19-14-6-4-3-5-7-14/h3-7,15,18H,2,8-12H2,1H3. The van der Waals surface area contributed by atoms with Crippen LogP contribution >= 0.6 is 0 Å². The van der Waals surface area contributed by atoms with Gasteiger partial charge in [0.05, 0.1) is 18.8 Å². The monoisotopic (exact) mass is 274 g/mol. The zero-order valence-corrected chi connectivity index (χ0v) is 12.0. The minimum absolute atomic E-state index is 0.160. The van der Waals surface area contributed by atoms with E-state index in [0.29, 0.717) is 13.2 Å². The van der Waals surface area contributed by atoms with Crippen molar-refractivity contribution in [2.75, 3.05) is 19.8 Å². The van der Waals surface area contributed by atoms with Crippen LogP contribution in [0.15, 0.2) is 30.3 Å². The highest BCUT2D eigenvalue weighted by atomic mass is 16.5.